The molecule has 1 aliphatic rings. The van der Waals surface area contributed by atoms with E-state index in [2.05, 4.69) is 5.32 Å². The molecule has 1 aliphatic heterocycles. The number of nitrogens with one attached hydrogen (secondary N) is 1. The Bertz CT molecular complexity index is 914. The molecule has 30 heavy (non-hydrogen) atoms. The third-order valence-corrected chi connectivity index (χ3v) is 4.64. The van der Waals surface area contributed by atoms with Gasteiger partial charge < -0.3 is 14.8 Å². The van der Waals surface area contributed by atoms with E-state index in [9.17, 15) is 27.6 Å². The number of hydrogen-bond donors (Lipinski definition) is 1. The third-order valence-electron chi connectivity index (χ3n) is 4.64. The molecule has 162 valence electrons. The van der Waals surface area contributed by atoms with Crippen LogP contribution in [0.5, 0.6) is 0 Å². The Morgan fingerprint density at radius 1 is 1.33 bits per heavy atom. The zero-order chi connectivity index (χ0) is 22.5. The highest BCUT2D eigenvalue weighted by Crippen LogP contribution is 2.44. The molecule has 0 bridgehead atoms. The molecule has 0 amide bonds. The Hall–Kier alpha value is -2.86. The number of benzene rings is 1. The van der Waals surface area contributed by atoms with Gasteiger partial charge in [0.25, 0.3) is 0 Å². The minimum absolute atomic E-state index is 0.0753. The van der Waals surface area contributed by atoms with Crippen molar-refractivity contribution < 1.29 is 31.8 Å². The second kappa shape index (κ2) is 9.76. The number of unbranched alkanes of at least 4 members (excludes halogenated alkanes) is 1. The fourth-order valence-electron chi connectivity index (χ4n) is 3.27. The van der Waals surface area contributed by atoms with Crippen molar-refractivity contribution in [1.29, 1.82) is 5.26 Å². The molecular weight excluding hydrogens is 404 g/mol. The highest BCUT2D eigenvalue weighted by atomic mass is 19.4. The van der Waals surface area contributed by atoms with Gasteiger partial charge in [0.05, 0.1) is 47.6 Å². The first-order valence-electron chi connectivity index (χ1n) is 9.29. The van der Waals surface area contributed by atoms with Crippen molar-refractivity contribution in [2.75, 3.05) is 20.3 Å². The highest BCUT2D eigenvalue weighted by molar-refractivity contribution is 5.93. The van der Waals surface area contributed by atoms with Crippen molar-refractivity contribution in [1.82, 2.24) is 5.32 Å². The van der Waals surface area contributed by atoms with Crippen molar-refractivity contribution in [3.63, 3.8) is 0 Å². The lowest BCUT2D eigenvalue weighted by Gasteiger charge is -2.31. The van der Waals surface area contributed by atoms with Crippen LogP contribution in [0.15, 0.2) is 40.7 Å². The van der Waals surface area contributed by atoms with Gasteiger partial charge in [0.2, 0.25) is 0 Å². The second-order valence-corrected chi connectivity index (χ2v) is 6.75. The van der Waals surface area contributed by atoms with Crippen molar-refractivity contribution >= 4 is 5.97 Å². The maximum Gasteiger partial charge on any atom is 0.416 e. The van der Waals surface area contributed by atoms with E-state index in [0.29, 0.717) is 12.5 Å². The molecule has 1 unspecified atom stereocenters. The molecule has 0 fully saturated rings. The van der Waals surface area contributed by atoms with Gasteiger partial charge in [0.1, 0.15) is 5.82 Å². The lowest BCUT2D eigenvalue weighted by Crippen LogP contribution is -2.32. The van der Waals surface area contributed by atoms with Crippen LogP contribution in [0.2, 0.25) is 0 Å². The lowest BCUT2D eigenvalue weighted by molar-refractivity contribution is -0.141. The van der Waals surface area contributed by atoms with E-state index in [4.69, 9.17) is 9.47 Å². The molecule has 0 aliphatic carbocycles. The number of hydrogen-bond acceptors (Lipinski definition) is 5. The summed E-state index contributed by atoms with van der Waals surface area (Å²) in [6, 6.07) is 4.06. The van der Waals surface area contributed by atoms with Crippen LogP contribution in [0.3, 0.4) is 0 Å². The Kier molecular flexibility index (Phi) is 7.62. The fourth-order valence-corrected chi connectivity index (χ4v) is 3.27. The number of rotatable bonds is 7. The van der Waals surface area contributed by atoms with E-state index in [-0.39, 0.29) is 35.8 Å². The normalized spacial score (nSPS) is 16.9. The number of halogens is 4. The van der Waals surface area contributed by atoms with Gasteiger partial charge in [-0.25, -0.2) is 9.18 Å². The van der Waals surface area contributed by atoms with Gasteiger partial charge in [-0.1, -0.05) is 19.4 Å². The third kappa shape index (κ3) is 5.00. The molecule has 0 saturated heterocycles. The Labute approximate surface area is 172 Å². The molecule has 0 spiro atoms. The van der Waals surface area contributed by atoms with Crippen LogP contribution < -0.4 is 5.32 Å². The van der Waals surface area contributed by atoms with Crippen LogP contribution in [0.1, 0.15) is 43.7 Å². The molecule has 1 aromatic carbocycles. The SMILES string of the molecule is CCCCOC(=O)C1=C(COC)NC(C)=C(C#N)C1c1ccc(F)cc1C(F)(F)F. The summed E-state index contributed by atoms with van der Waals surface area (Å²) < 4.78 is 65.1. The van der Waals surface area contributed by atoms with Gasteiger partial charge in [0, 0.05) is 12.8 Å². The summed E-state index contributed by atoms with van der Waals surface area (Å²) >= 11 is 0. The number of esters is 1. The molecule has 0 aromatic heterocycles. The summed E-state index contributed by atoms with van der Waals surface area (Å²) in [5, 5.41) is 12.5. The first-order chi connectivity index (χ1) is 14.1. The molecule has 0 saturated carbocycles. The van der Waals surface area contributed by atoms with Crippen LogP contribution in [0, 0.1) is 17.1 Å². The van der Waals surface area contributed by atoms with Gasteiger partial charge in [-0.3, -0.25) is 0 Å². The summed E-state index contributed by atoms with van der Waals surface area (Å²) in [6.07, 6.45) is -3.58. The topological polar surface area (TPSA) is 71.3 Å². The van der Waals surface area contributed by atoms with Crippen molar-refractivity contribution in [3.8, 4) is 6.07 Å². The first kappa shape index (κ1) is 23.4. The number of allylic oxidation sites excluding steroid dienone is 2. The van der Waals surface area contributed by atoms with Gasteiger partial charge >= 0.3 is 12.1 Å². The number of carbonyl (C=O) groups is 1. The highest BCUT2D eigenvalue weighted by Gasteiger charge is 2.42. The van der Waals surface area contributed by atoms with Crippen LogP contribution in [0.4, 0.5) is 17.6 Å². The molecule has 1 atom stereocenters. The number of nitrogens with zero attached hydrogens (tertiary/aromatic N) is 1. The van der Waals surface area contributed by atoms with Crippen molar-refractivity contribution in [2.45, 2.75) is 38.8 Å². The second-order valence-electron chi connectivity index (χ2n) is 6.75. The number of alkyl halides is 3. The van der Waals surface area contributed by atoms with Crippen LogP contribution >= 0.6 is 0 Å². The minimum atomic E-state index is -4.89. The summed E-state index contributed by atoms with van der Waals surface area (Å²) in [4.78, 5) is 12.9. The summed E-state index contributed by atoms with van der Waals surface area (Å²) in [5.41, 5.74) is -1.44. The predicted octanol–water partition coefficient (Wildman–Crippen LogP) is 4.57. The largest absolute Gasteiger partial charge is 0.462 e. The number of methoxy groups -OCH3 is 1. The lowest BCUT2D eigenvalue weighted by atomic mass is 9.79. The molecule has 9 heteroatoms. The Morgan fingerprint density at radius 2 is 2.03 bits per heavy atom. The smallest absolute Gasteiger partial charge is 0.416 e. The van der Waals surface area contributed by atoms with Crippen molar-refractivity contribution in [3.05, 3.63) is 57.7 Å². The van der Waals surface area contributed by atoms with Crippen molar-refractivity contribution in [2.24, 2.45) is 0 Å². The van der Waals surface area contributed by atoms with E-state index in [1.54, 1.807) is 0 Å². The zero-order valence-electron chi connectivity index (χ0n) is 16.8. The van der Waals surface area contributed by atoms with Gasteiger partial charge in [-0.15, -0.1) is 0 Å². The van der Waals surface area contributed by atoms with E-state index < -0.39 is 35.0 Å². The molecule has 0 radical (unpaired) electrons. The maximum atomic E-state index is 13.7. The van der Waals surface area contributed by atoms with Crippen LogP contribution in [0.25, 0.3) is 0 Å². The first-order valence-corrected chi connectivity index (χ1v) is 9.29. The standard InChI is InChI=1S/C21H22F4N2O3/c1-4-5-8-30-20(28)19-17(11-29-3)27-12(2)15(10-26)18(19)14-7-6-13(22)9-16(14)21(23,24)25/h6-7,9,18,27H,4-5,8,11H2,1-3H3. The van der Waals surface area contributed by atoms with Crippen LogP contribution in [-0.2, 0) is 20.4 Å². The molecule has 5 nitrogen and oxygen atoms in total. The van der Waals surface area contributed by atoms with Crippen LogP contribution in [-0.4, -0.2) is 26.3 Å². The molecule has 1 aromatic rings. The molecule has 2 rings (SSSR count). The quantitative estimate of drug-likeness (QED) is 0.393. The average Bonchev–Trinajstić information content (AvgIpc) is 2.67. The summed E-state index contributed by atoms with van der Waals surface area (Å²) in [6.45, 7) is 3.36. The zero-order valence-corrected chi connectivity index (χ0v) is 16.8. The summed E-state index contributed by atoms with van der Waals surface area (Å²) in [7, 11) is 1.36. The minimum Gasteiger partial charge on any atom is -0.462 e. The number of dihydropyridines is 1. The molecule has 1 heterocycles. The maximum absolute atomic E-state index is 13.7. The predicted molar refractivity (Wildman–Crippen MR) is 100 cm³/mol. The van der Waals surface area contributed by atoms with E-state index >= 15 is 0 Å². The number of carbonyl (C=O) groups excluding carboxylic acids is 1. The van der Waals surface area contributed by atoms with Gasteiger partial charge in [-0.05, 0) is 31.0 Å². The molecule has 1 N–H and O–H groups in total. The average molecular weight is 426 g/mol. The number of ether oxygens (including phenoxy) is 2. The Morgan fingerprint density at radius 3 is 2.60 bits per heavy atom. The molecular formula is C21H22F4N2O3. The number of nitriles is 1. The van der Waals surface area contributed by atoms with E-state index in [1.807, 2.05) is 13.0 Å². The monoisotopic (exact) mass is 426 g/mol. The Balaban J connectivity index is 2.74. The summed E-state index contributed by atoms with van der Waals surface area (Å²) in [5.74, 6) is -3.31. The van der Waals surface area contributed by atoms with Gasteiger partial charge in [-0.2, -0.15) is 18.4 Å². The van der Waals surface area contributed by atoms with E-state index in [1.165, 1.54) is 14.0 Å². The fraction of sp³-hybridized carbons (Fsp3) is 0.429. The van der Waals surface area contributed by atoms with E-state index in [0.717, 1.165) is 18.6 Å². The van der Waals surface area contributed by atoms with Gasteiger partial charge in [0.15, 0.2) is 0 Å².